The van der Waals surface area contributed by atoms with Gasteiger partial charge in [0.15, 0.2) is 0 Å². The number of hydrogen-bond donors (Lipinski definition) is 1. The monoisotopic (exact) mass is 389 g/mol. The molecule has 1 heterocycles. The molecule has 0 unspecified atom stereocenters. The summed E-state index contributed by atoms with van der Waals surface area (Å²) >= 11 is 12.5. The van der Waals surface area contributed by atoms with E-state index in [1.54, 1.807) is 0 Å². The van der Waals surface area contributed by atoms with Gasteiger partial charge in [0.1, 0.15) is 0 Å². The highest BCUT2D eigenvalue weighted by molar-refractivity contribution is 6.42. The molecule has 0 aliphatic carbocycles. The number of aromatic nitrogens is 1. The van der Waals surface area contributed by atoms with Gasteiger partial charge in [-0.2, -0.15) is 0 Å². The van der Waals surface area contributed by atoms with Crippen molar-refractivity contribution in [2.24, 2.45) is 0 Å². The fraction of sp³-hybridized carbons (Fsp3) is 0. The number of nitrogens with one attached hydrogen (secondary N) is 1. The lowest BCUT2D eigenvalue weighted by atomic mass is 10.1. The van der Waals surface area contributed by atoms with Crippen LogP contribution >= 0.6 is 23.2 Å². The zero-order valence-electron chi connectivity index (χ0n) is 14.5. The van der Waals surface area contributed by atoms with Crippen molar-refractivity contribution in [2.75, 3.05) is 0 Å². The molecule has 27 heavy (non-hydrogen) atoms. The molecule has 0 aliphatic rings. The second kappa shape index (κ2) is 7.87. The highest BCUT2D eigenvalue weighted by Crippen LogP contribution is 2.33. The van der Waals surface area contributed by atoms with Gasteiger partial charge in [-0.25, -0.2) is 0 Å². The van der Waals surface area contributed by atoms with Gasteiger partial charge in [-0.15, -0.1) is 0 Å². The first-order chi connectivity index (χ1) is 13.2. The molecule has 0 atom stereocenters. The molecule has 132 valence electrons. The Morgan fingerprint density at radius 1 is 0.630 bits per heavy atom. The van der Waals surface area contributed by atoms with Crippen molar-refractivity contribution in [3.63, 3.8) is 0 Å². The zero-order chi connectivity index (χ0) is 18.6. The average molecular weight is 390 g/mol. The van der Waals surface area contributed by atoms with E-state index in [-0.39, 0.29) is 0 Å². The maximum Gasteiger partial charge on any atom is 0.0613 e. The normalized spacial score (nSPS) is 11.8. The van der Waals surface area contributed by atoms with Gasteiger partial charge < -0.3 is 4.98 Å². The number of fused-ring (bicyclic) bond motifs is 1. The molecule has 1 nitrogen and oxygen atoms in total. The Bertz CT molecular complexity index is 1120. The molecule has 0 fully saturated rings. The first-order valence-corrected chi connectivity index (χ1v) is 9.43. The van der Waals surface area contributed by atoms with Crippen LogP contribution in [0, 0.1) is 0 Å². The molecule has 3 heteroatoms. The van der Waals surface area contributed by atoms with E-state index in [0.29, 0.717) is 10.0 Å². The number of aromatic amines is 1. The van der Waals surface area contributed by atoms with Gasteiger partial charge in [0.05, 0.1) is 10.0 Å². The van der Waals surface area contributed by atoms with E-state index in [1.165, 1.54) is 0 Å². The predicted octanol–water partition coefficient (Wildman–Crippen LogP) is 7.82. The lowest BCUT2D eigenvalue weighted by Crippen LogP contribution is -1.77. The minimum Gasteiger partial charge on any atom is -0.354 e. The number of rotatable bonds is 4. The summed E-state index contributed by atoms with van der Waals surface area (Å²) in [6, 6.07) is 24.2. The van der Waals surface area contributed by atoms with Gasteiger partial charge in [0, 0.05) is 22.2 Å². The summed E-state index contributed by atoms with van der Waals surface area (Å²) in [4.78, 5) is 3.46. The minimum absolute atomic E-state index is 0.544. The van der Waals surface area contributed by atoms with Crippen LogP contribution in [0.1, 0.15) is 22.4 Å². The Labute approximate surface area is 168 Å². The van der Waals surface area contributed by atoms with E-state index in [9.17, 15) is 0 Å². The summed E-state index contributed by atoms with van der Waals surface area (Å²) in [5.74, 6) is 0. The van der Waals surface area contributed by atoms with Crippen LogP contribution in [-0.2, 0) is 0 Å². The van der Waals surface area contributed by atoms with Gasteiger partial charge >= 0.3 is 0 Å². The van der Waals surface area contributed by atoms with Crippen LogP contribution in [0.3, 0.4) is 0 Å². The first-order valence-electron chi connectivity index (χ1n) is 8.68. The van der Waals surface area contributed by atoms with E-state index < -0.39 is 0 Å². The van der Waals surface area contributed by atoms with E-state index in [2.05, 4.69) is 53.6 Å². The molecule has 3 aromatic carbocycles. The molecule has 4 aromatic rings. The van der Waals surface area contributed by atoms with E-state index in [1.807, 2.05) is 48.5 Å². The summed E-state index contributed by atoms with van der Waals surface area (Å²) in [7, 11) is 0. The van der Waals surface area contributed by atoms with Gasteiger partial charge in [0.2, 0.25) is 0 Å². The van der Waals surface area contributed by atoms with Crippen LogP contribution in [0.4, 0.5) is 0 Å². The van der Waals surface area contributed by atoms with E-state index >= 15 is 0 Å². The Morgan fingerprint density at radius 2 is 1.19 bits per heavy atom. The van der Waals surface area contributed by atoms with Crippen LogP contribution in [0.15, 0.2) is 72.8 Å². The Balaban J connectivity index is 1.81. The minimum atomic E-state index is 0.544. The highest BCUT2D eigenvalue weighted by atomic mass is 35.5. The van der Waals surface area contributed by atoms with Gasteiger partial charge in [-0.1, -0.05) is 102 Å². The van der Waals surface area contributed by atoms with E-state index in [0.717, 1.165) is 33.3 Å². The third-order valence-corrected chi connectivity index (χ3v) is 5.12. The van der Waals surface area contributed by atoms with E-state index in [4.69, 9.17) is 23.2 Å². The summed E-state index contributed by atoms with van der Waals surface area (Å²) in [6.45, 7) is 0. The first kappa shape index (κ1) is 17.7. The van der Waals surface area contributed by atoms with Gasteiger partial charge in [0.25, 0.3) is 0 Å². The third-order valence-electron chi connectivity index (χ3n) is 4.39. The molecular weight excluding hydrogens is 373 g/mol. The lowest BCUT2D eigenvalue weighted by molar-refractivity contribution is 1.42. The number of hydrogen-bond acceptors (Lipinski definition) is 0. The topological polar surface area (TPSA) is 15.8 Å². The largest absolute Gasteiger partial charge is 0.354 e. The molecule has 0 aliphatic heterocycles. The smallest absolute Gasteiger partial charge is 0.0613 e. The van der Waals surface area contributed by atoms with Crippen LogP contribution in [0.5, 0.6) is 0 Å². The van der Waals surface area contributed by atoms with Crippen molar-refractivity contribution in [3.8, 4) is 0 Å². The van der Waals surface area contributed by atoms with Gasteiger partial charge in [-0.05, 0) is 29.3 Å². The van der Waals surface area contributed by atoms with Crippen LogP contribution in [0.2, 0.25) is 10.0 Å². The Kier molecular flexibility index (Phi) is 5.15. The standard InChI is InChI=1S/C24H17Cl2N/c25-21-15-20-19(13-11-17-7-3-1-4-8-17)23(27-24(20)16-22(21)26)14-12-18-9-5-2-6-10-18/h1-16,27H/b13-11+,14-12+. The van der Waals surface area contributed by atoms with Crippen LogP contribution < -0.4 is 0 Å². The second-order valence-electron chi connectivity index (χ2n) is 6.25. The fourth-order valence-corrected chi connectivity index (χ4v) is 3.36. The third kappa shape index (κ3) is 4.00. The molecule has 1 N–H and O–H groups in total. The molecule has 1 aromatic heterocycles. The second-order valence-corrected chi connectivity index (χ2v) is 7.07. The highest BCUT2D eigenvalue weighted by Gasteiger charge is 2.10. The van der Waals surface area contributed by atoms with Crippen molar-refractivity contribution in [2.45, 2.75) is 0 Å². The predicted molar refractivity (Wildman–Crippen MR) is 119 cm³/mol. The summed E-state index contributed by atoms with van der Waals surface area (Å²) in [6.07, 6.45) is 8.39. The number of H-pyrrole nitrogens is 1. The number of halogens is 2. The van der Waals surface area contributed by atoms with Crippen LogP contribution in [-0.4, -0.2) is 4.98 Å². The number of benzene rings is 3. The summed E-state index contributed by atoms with van der Waals surface area (Å²) < 4.78 is 0. The Morgan fingerprint density at radius 3 is 1.81 bits per heavy atom. The van der Waals surface area contributed by atoms with Crippen molar-refractivity contribution in [1.82, 2.24) is 4.98 Å². The fourth-order valence-electron chi connectivity index (χ4n) is 3.03. The van der Waals surface area contributed by atoms with Crippen molar-refractivity contribution < 1.29 is 0 Å². The summed E-state index contributed by atoms with van der Waals surface area (Å²) in [5.41, 5.74) is 5.35. The van der Waals surface area contributed by atoms with Crippen molar-refractivity contribution in [3.05, 3.63) is 105 Å². The molecule has 0 spiro atoms. The SMILES string of the molecule is Clc1cc2[nH]c(/C=C/c3ccccc3)c(/C=C/c3ccccc3)c2cc1Cl. The average Bonchev–Trinajstić information content (AvgIpc) is 3.03. The molecule has 0 saturated heterocycles. The van der Waals surface area contributed by atoms with Crippen molar-refractivity contribution in [1.29, 1.82) is 0 Å². The zero-order valence-corrected chi connectivity index (χ0v) is 16.0. The quantitative estimate of drug-likeness (QED) is 0.366. The molecule has 0 bridgehead atoms. The maximum absolute atomic E-state index is 6.27. The molecule has 0 amide bonds. The van der Waals surface area contributed by atoms with Crippen molar-refractivity contribution >= 4 is 58.4 Å². The summed E-state index contributed by atoms with van der Waals surface area (Å²) in [5, 5.41) is 2.14. The molecular formula is C24H17Cl2N. The van der Waals surface area contributed by atoms with Gasteiger partial charge in [-0.3, -0.25) is 0 Å². The Hall–Kier alpha value is -2.74. The maximum atomic E-state index is 6.27. The molecule has 4 rings (SSSR count). The molecule has 0 saturated carbocycles. The molecule has 0 radical (unpaired) electrons. The van der Waals surface area contributed by atoms with Crippen LogP contribution in [0.25, 0.3) is 35.2 Å². The lowest BCUT2D eigenvalue weighted by Gasteiger charge is -1.98.